The van der Waals surface area contributed by atoms with Gasteiger partial charge in [-0.15, -0.1) is 5.10 Å². The first kappa shape index (κ1) is 25.9. The number of aryl methyl sites for hydroxylation is 1. The lowest BCUT2D eigenvalue weighted by atomic mass is 10.1. The quantitative estimate of drug-likeness (QED) is 0.233. The van der Waals surface area contributed by atoms with Crippen LogP contribution in [0, 0.1) is 12.8 Å². The Morgan fingerprint density at radius 3 is 2.38 bits per heavy atom. The van der Waals surface area contributed by atoms with Crippen LogP contribution in [0.3, 0.4) is 0 Å². The molecule has 192 valence electrons. The summed E-state index contributed by atoms with van der Waals surface area (Å²) in [5, 5.41) is 7.58. The summed E-state index contributed by atoms with van der Waals surface area (Å²) in [6.45, 7) is 9.55. The number of benzene rings is 3. The van der Waals surface area contributed by atoms with E-state index in [0.717, 1.165) is 35.4 Å². The van der Waals surface area contributed by atoms with Gasteiger partial charge in [0.15, 0.2) is 5.82 Å². The van der Waals surface area contributed by atoms with Gasteiger partial charge in [0.1, 0.15) is 5.75 Å². The van der Waals surface area contributed by atoms with E-state index in [1.807, 2.05) is 67.6 Å². The highest BCUT2D eigenvalue weighted by molar-refractivity contribution is 6.04. The highest BCUT2D eigenvalue weighted by Crippen LogP contribution is 2.27. The predicted octanol–water partition coefficient (Wildman–Crippen LogP) is 6.71. The lowest BCUT2D eigenvalue weighted by molar-refractivity contribution is 0.102. The van der Waals surface area contributed by atoms with Gasteiger partial charge in [0.25, 0.3) is 5.91 Å². The molecule has 0 aliphatic rings. The first-order valence-electron chi connectivity index (χ1n) is 12.7. The summed E-state index contributed by atoms with van der Waals surface area (Å²) in [5.74, 6) is 1.65. The molecule has 0 saturated heterocycles. The Balaban J connectivity index is 1.51. The number of rotatable bonds is 11. The number of carbonyl (C=O) groups excluding carboxylic acids is 1. The summed E-state index contributed by atoms with van der Waals surface area (Å²) < 4.78 is 13.3. The number of amides is 1. The first-order chi connectivity index (χ1) is 17.9. The van der Waals surface area contributed by atoms with Crippen LogP contribution in [0.15, 0.2) is 72.8 Å². The fourth-order valence-electron chi connectivity index (χ4n) is 3.70. The van der Waals surface area contributed by atoms with Crippen molar-refractivity contribution in [1.29, 1.82) is 0 Å². The maximum atomic E-state index is 12.8. The van der Waals surface area contributed by atoms with Gasteiger partial charge in [0.05, 0.1) is 18.9 Å². The Morgan fingerprint density at radius 2 is 1.70 bits per heavy atom. The van der Waals surface area contributed by atoms with Crippen molar-refractivity contribution in [3.63, 3.8) is 0 Å². The summed E-state index contributed by atoms with van der Waals surface area (Å²) in [6, 6.07) is 23.1. The van der Waals surface area contributed by atoms with E-state index >= 15 is 0 Å². The van der Waals surface area contributed by atoms with E-state index in [1.165, 1.54) is 0 Å². The van der Waals surface area contributed by atoms with E-state index in [0.29, 0.717) is 42.2 Å². The number of aromatic nitrogens is 3. The SMILES string of the molecule is CCCCOc1ccc(C(=O)Nc2ccc(-n3nc(OCC(C)C)nc3-c3ccccc3C)cc2)cc1. The molecule has 1 aromatic heterocycles. The Kier molecular flexibility index (Phi) is 8.56. The van der Waals surface area contributed by atoms with Crippen LogP contribution in [-0.2, 0) is 0 Å². The van der Waals surface area contributed by atoms with E-state index in [2.05, 4.69) is 36.2 Å². The molecule has 0 saturated carbocycles. The van der Waals surface area contributed by atoms with Crippen LogP contribution in [0.1, 0.15) is 49.5 Å². The Labute approximate surface area is 218 Å². The van der Waals surface area contributed by atoms with Gasteiger partial charge < -0.3 is 14.8 Å². The molecule has 37 heavy (non-hydrogen) atoms. The summed E-state index contributed by atoms with van der Waals surface area (Å²) in [6.07, 6.45) is 2.09. The van der Waals surface area contributed by atoms with E-state index in [-0.39, 0.29) is 5.91 Å². The molecule has 0 radical (unpaired) electrons. The number of ether oxygens (including phenoxy) is 2. The maximum absolute atomic E-state index is 12.8. The van der Waals surface area contributed by atoms with E-state index in [1.54, 1.807) is 16.8 Å². The minimum atomic E-state index is -0.182. The third-order valence-electron chi connectivity index (χ3n) is 5.77. The molecule has 4 rings (SSSR count). The second-order valence-electron chi connectivity index (χ2n) is 9.38. The molecule has 1 amide bonds. The molecular formula is C30H34N4O3. The van der Waals surface area contributed by atoms with E-state index in [9.17, 15) is 4.79 Å². The summed E-state index contributed by atoms with van der Waals surface area (Å²) in [5.41, 5.74) is 4.14. The lowest BCUT2D eigenvalue weighted by Gasteiger charge is -2.10. The highest BCUT2D eigenvalue weighted by Gasteiger charge is 2.17. The summed E-state index contributed by atoms with van der Waals surface area (Å²) in [4.78, 5) is 17.4. The predicted molar refractivity (Wildman–Crippen MR) is 147 cm³/mol. The van der Waals surface area contributed by atoms with Gasteiger partial charge in [-0.2, -0.15) is 4.98 Å². The van der Waals surface area contributed by atoms with E-state index < -0.39 is 0 Å². The summed E-state index contributed by atoms with van der Waals surface area (Å²) >= 11 is 0. The van der Waals surface area contributed by atoms with Crippen LogP contribution in [0.5, 0.6) is 11.8 Å². The Morgan fingerprint density at radius 1 is 0.973 bits per heavy atom. The number of hydrogen-bond acceptors (Lipinski definition) is 5. The minimum absolute atomic E-state index is 0.182. The van der Waals surface area contributed by atoms with Crippen LogP contribution in [0.2, 0.25) is 0 Å². The normalized spacial score (nSPS) is 10.9. The molecule has 1 heterocycles. The molecule has 0 aliphatic heterocycles. The smallest absolute Gasteiger partial charge is 0.336 e. The average molecular weight is 499 g/mol. The minimum Gasteiger partial charge on any atom is -0.494 e. The van der Waals surface area contributed by atoms with Gasteiger partial charge in [-0.05, 0) is 73.4 Å². The highest BCUT2D eigenvalue weighted by atomic mass is 16.5. The van der Waals surface area contributed by atoms with Crippen molar-refractivity contribution in [2.24, 2.45) is 5.92 Å². The van der Waals surface area contributed by atoms with Crippen molar-refractivity contribution in [1.82, 2.24) is 14.8 Å². The average Bonchev–Trinajstić information content (AvgIpc) is 3.33. The van der Waals surface area contributed by atoms with Gasteiger partial charge in [-0.1, -0.05) is 51.5 Å². The number of anilines is 1. The van der Waals surface area contributed by atoms with Crippen LogP contribution in [-0.4, -0.2) is 33.9 Å². The van der Waals surface area contributed by atoms with Crippen molar-refractivity contribution >= 4 is 11.6 Å². The van der Waals surface area contributed by atoms with Gasteiger partial charge in [0.2, 0.25) is 0 Å². The topological polar surface area (TPSA) is 78.3 Å². The van der Waals surface area contributed by atoms with Crippen molar-refractivity contribution < 1.29 is 14.3 Å². The lowest BCUT2D eigenvalue weighted by Crippen LogP contribution is -2.12. The maximum Gasteiger partial charge on any atom is 0.336 e. The second kappa shape index (κ2) is 12.2. The molecule has 0 bridgehead atoms. The van der Waals surface area contributed by atoms with Gasteiger partial charge in [-0.3, -0.25) is 4.79 Å². The summed E-state index contributed by atoms with van der Waals surface area (Å²) in [7, 11) is 0. The molecule has 7 nitrogen and oxygen atoms in total. The zero-order valence-electron chi connectivity index (χ0n) is 21.9. The molecule has 4 aromatic rings. The first-order valence-corrected chi connectivity index (χ1v) is 12.7. The van der Waals surface area contributed by atoms with Crippen molar-refractivity contribution in [3.8, 4) is 28.8 Å². The van der Waals surface area contributed by atoms with Crippen LogP contribution in [0.25, 0.3) is 17.1 Å². The van der Waals surface area contributed by atoms with Gasteiger partial charge in [-0.25, -0.2) is 4.68 Å². The van der Waals surface area contributed by atoms with Crippen LogP contribution >= 0.6 is 0 Å². The number of nitrogens with zero attached hydrogens (tertiary/aromatic N) is 3. The molecule has 0 aliphatic carbocycles. The third-order valence-corrected chi connectivity index (χ3v) is 5.77. The molecule has 0 unspecified atom stereocenters. The molecule has 0 fully saturated rings. The molecule has 0 spiro atoms. The largest absolute Gasteiger partial charge is 0.494 e. The Bertz CT molecular complexity index is 1310. The van der Waals surface area contributed by atoms with Gasteiger partial charge >= 0.3 is 6.01 Å². The molecule has 0 atom stereocenters. The standard InChI is InChI=1S/C30H34N4O3/c1-5-6-19-36-26-17-11-23(12-18-26)29(35)31-24-13-15-25(16-14-24)34-28(27-10-8-7-9-22(27)4)32-30(33-34)37-20-21(2)3/h7-18,21H,5-6,19-20H2,1-4H3,(H,31,35). The molecule has 3 aromatic carbocycles. The fraction of sp³-hybridized carbons (Fsp3) is 0.300. The monoisotopic (exact) mass is 498 g/mol. The van der Waals surface area contributed by atoms with Crippen molar-refractivity contribution in [2.45, 2.75) is 40.5 Å². The number of carbonyl (C=O) groups is 1. The Hall–Kier alpha value is -4.13. The number of nitrogens with one attached hydrogen (secondary N) is 1. The zero-order chi connectivity index (χ0) is 26.2. The second-order valence-corrected chi connectivity index (χ2v) is 9.38. The van der Waals surface area contributed by atoms with Crippen molar-refractivity contribution in [3.05, 3.63) is 83.9 Å². The van der Waals surface area contributed by atoms with Gasteiger partial charge in [0, 0.05) is 16.8 Å². The number of unbranched alkanes of at least 4 members (excludes halogenated alkanes) is 1. The van der Waals surface area contributed by atoms with Crippen molar-refractivity contribution in [2.75, 3.05) is 18.5 Å². The zero-order valence-corrected chi connectivity index (χ0v) is 21.9. The molecule has 1 N–H and O–H groups in total. The van der Waals surface area contributed by atoms with Crippen LogP contribution in [0.4, 0.5) is 5.69 Å². The third kappa shape index (κ3) is 6.76. The van der Waals surface area contributed by atoms with Crippen LogP contribution < -0.4 is 14.8 Å². The molecule has 7 heteroatoms. The number of hydrogen-bond donors (Lipinski definition) is 1. The fourth-order valence-corrected chi connectivity index (χ4v) is 3.70. The van der Waals surface area contributed by atoms with E-state index in [4.69, 9.17) is 9.47 Å². The molecular weight excluding hydrogens is 464 g/mol.